The number of hydrogen-bond acceptors (Lipinski definition) is 6. The lowest BCUT2D eigenvalue weighted by Crippen LogP contribution is -2.47. The lowest BCUT2D eigenvalue weighted by molar-refractivity contribution is -0.870. The summed E-state index contributed by atoms with van der Waals surface area (Å²) in [5.74, 6) is -0.537. The molecule has 0 radical (unpaired) electrons. The highest BCUT2D eigenvalue weighted by molar-refractivity contribution is 7.47. The fraction of sp³-hybridized carbons (Fsp3) is 0.775. The molecule has 0 saturated carbocycles. The number of ether oxygens (including phenoxy) is 1. The Hall–Kier alpha value is -2.81. The fourth-order valence-electron chi connectivity index (χ4n) is 9.61. The summed E-state index contributed by atoms with van der Waals surface area (Å²) in [7, 11) is 1.48. The Morgan fingerprint density at radius 2 is 0.790 bits per heavy atom. The fourth-order valence-corrected chi connectivity index (χ4v) is 10.3. The molecular weight excluding hydrogens is 1020 g/mol. The van der Waals surface area contributed by atoms with Gasteiger partial charge in [-0.3, -0.25) is 18.6 Å². The number of carbonyl (C=O) groups excluding carboxylic acids is 2. The summed E-state index contributed by atoms with van der Waals surface area (Å²) in [5, 5.41) is 3.06. The summed E-state index contributed by atoms with van der Waals surface area (Å²) in [5.41, 5.74) is 0. The normalized spacial score (nSPS) is 14.1. The predicted molar refractivity (Wildman–Crippen MR) is 351 cm³/mol. The first-order valence-electron chi connectivity index (χ1n) is 33.9. The van der Waals surface area contributed by atoms with Crippen LogP contribution < -0.4 is 5.32 Å². The summed E-state index contributed by atoms with van der Waals surface area (Å²) in [6.45, 7) is 6.90. The summed E-state index contributed by atoms with van der Waals surface area (Å²) in [6, 6.07) is -0.866. The van der Waals surface area contributed by atoms with E-state index in [1.54, 1.807) is 0 Å². The number of unbranched alkanes of at least 4 members (excludes halogenated alkanes) is 33. The van der Waals surface area contributed by atoms with Crippen molar-refractivity contribution in [1.82, 2.24) is 5.32 Å². The van der Waals surface area contributed by atoms with Crippen LogP contribution >= 0.6 is 7.82 Å². The van der Waals surface area contributed by atoms with E-state index in [2.05, 4.69) is 99.0 Å². The van der Waals surface area contributed by atoms with E-state index >= 15 is 0 Å². The zero-order valence-electron chi connectivity index (χ0n) is 53.8. The standard InChI is InChI=1S/C71H129N2O7P/c1-7-10-13-16-19-22-25-28-30-32-34-35-36-37-39-40-42-45-48-51-54-57-60-63-70(74)72-68(67-79-81(76,77)78-66-65-73(4,5)6)69(62-59-56-53-50-47-44-27-24-21-18-15-12-9-3)80-71(75)64-61-58-55-52-49-46-43-41-38-33-31-29-26-23-20-17-14-11-8-2/h11,14,20,23,28-31,38,41,46,49,59,62,68-69H,7-10,12-13,15-19,21-22,24-27,32-37,39-40,42-45,47-48,50-58,60-61,63-67H2,1-6H3,(H-,72,74,76,77)/p+1/b14-11-,23-20-,30-28+,31-29-,41-38-,49-46-,62-59-. The molecule has 0 aromatic carbocycles. The number of likely N-dealkylation sites (N-methyl/N-ethyl adjacent to an activating group) is 1. The molecule has 0 aromatic rings. The van der Waals surface area contributed by atoms with Crippen LogP contribution in [0, 0.1) is 0 Å². The number of nitrogens with zero attached hydrogens (tertiary/aromatic N) is 1. The second kappa shape index (κ2) is 60.3. The molecule has 470 valence electrons. The van der Waals surface area contributed by atoms with Crippen LogP contribution in [-0.2, 0) is 27.9 Å². The van der Waals surface area contributed by atoms with Crippen molar-refractivity contribution in [3.8, 4) is 0 Å². The molecule has 3 unspecified atom stereocenters. The van der Waals surface area contributed by atoms with Gasteiger partial charge in [0.2, 0.25) is 5.91 Å². The molecule has 0 heterocycles. The molecule has 0 aliphatic carbocycles. The van der Waals surface area contributed by atoms with Gasteiger partial charge in [0.25, 0.3) is 0 Å². The highest BCUT2D eigenvalue weighted by Gasteiger charge is 2.30. The molecular formula is C71H130N2O7P+. The molecule has 0 spiro atoms. The van der Waals surface area contributed by atoms with Gasteiger partial charge in [0, 0.05) is 12.8 Å². The Morgan fingerprint density at radius 3 is 1.21 bits per heavy atom. The van der Waals surface area contributed by atoms with Crippen molar-refractivity contribution in [2.75, 3.05) is 40.9 Å². The van der Waals surface area contributed by atoms with Crippen molar-refractivity contribution < 1.29 is 37.3 Å². The van der Waals surface area contributed by atoms with Gasteiger partial charge < -0.3 is 19.4 Å². The Bertz CT molecular complexity index is 1660. The zero-order chi connectivity index (χ0) is 59.3. The second-order valence-corrected chi connectivity index (χ2v) is 25.4. The van der Waals surface area contributed by atoms with E-state index in [0.29, 0.717) is 23.9 Å². The molecule has 0 bridgehead atoms. The lowest BCUT2D eigenvalue weighted by atomic mass is 10.0. The van der Waals surface area contributed by atoms with Crippen LogP contribution in [-0.4, -0.2) is 74.3 Å². The third kappa shape index (κ3) is 61.6. The number of phosphoric acid groups is 1. The topological polar surface area (TPSA) is 111 Å². The first-order chi connectivity index (χ1) is 39.4. The van der Waals surface area contributed by atoms with Crippen LogP contribution in [0.2, 0.25) is 0 Å². The van der Waals surface area contributed by atoms with E-state index in [4.69, 9.17) is 13.8 Å². The Balaban J connectivity index is 5.21. The number of nitrogens with one attached hydrogen (secondary N) is 1. The minimum atomic E-state index is -4.46. The van der Waals surface area contributed by atoms with Gasteiger partial charge >= 0.3 is 13.8 Å². The Kier molecular flexibility index (Phi) is 58.2. The Labute approximate surface area is 501 Å². The summed E-state index contributed by atoms with van der Waals surface area (Å²) in [6.07, 6.45) is 80.2. The third-order valence-corrected chi connectivity index (χ3v) is 15.8. The number of amides is 1. The van der Waals surface area contributed by atoms with E-state index in [9.17, 15) is 19.0 Å². The molecule has 10 heteroatoms. The predicted octanol–water partition coefficient (Wildman–Crippen LogP) is 21.3. The van der Waals surface area contributed by atoms with Gasteiger partial charge in [-0.15, -0.1) is 0 Å². The van der Waals surface area contributed by atoms with Gasteiger partial charge in [-0.05, 0) is 102 Å². The van der Waals surface area contributed by atoms with E-state index in [1.165, 1.54) is 173 Å². The molecule has 0 aromatic heterocycles. The molecule has 1 amide bonds. The number of rotatable bonds is 61. The van der Waals surface area contributed by atoms with Gasteiger partial charge in [-0.2, -0.15) is 0 Å². The van der Waals surface area contributed by atoms with Gasteiger partial charge in [-0.25, -0.2) is 4.57 Å². The van der Waals surface area contributed by atoms with E-state index in [1.807, 2.05) is 33.3 Å². The van der Waals surface area contributed by atoms with Gasteiger partial charge in [-0.1, -0.05) is 273 Å². The van der Waals surface area contributed by atoms with E-state index in [-0.39, 0.29) is 31.5 Å². The van der Waals surface area contributed by atoms with Gasteiger partial charge in [0.1, 0.15) is 19.3 Å². The molecule has 3 atom stereocenters. The van der Waals surface area contributed by atoms with Crippen molar-refractivity contribution in [2.24, 2.45) is 0 Å². The molecule has 0 aliphatic heterocycles. The van der Waals surface area contributed by atoms with Crippen molar-refractivity contribution in [2.45, 2.75) is 315 Å². The SMILES string of the molecule is CC/C=C\C/C=C\C/C=C\C/C=C\C/C=C\CCCCCC(=O)OC(/C=C\CCCCCCCCCCCCC)C(COP(=O)(O)OCC[N+](C)(C)C)NC(=O)CCCCCCCCCCCCCCC/C=C/CCCCCCCC. The molecule has 0 fully saturated rings. The van der Waals surface area contributed by atoms with Crippen LogP contribution in [0.25, 0.3) is 0 Å². The first kappa shape index (κ1) is 78.2. The summed E-state index contributed by atoms with van der Waals surface area (Å²) >= 11 is 0. The minimum absolute atomic E-state index is 0.0323. The number of carbonyl (C=O) groups is 2. The van der Waals surface area contributed by atoms with Gasteiger partial charge in [0.15, 0.2) is 0 Å². The lowest BCUT2D eigenvalue weighted by Gasteiger charge is -2.27. The smallest absolute Gasteiger partial charge is 0.456 e. The van der Waals surface area contributed by atoms with Crippen LogP contribution in [0.3, 0.4) is 0 Å². The summed E-state index contributed by atoms with van der Waals surface area (Å²) in [4.78, 5) is 37.8. The largest absolute Gasteiger partial charge is 0.472 e. The number of quaternary nitrogens is 1. The van der Waals surface area contributed by atoms with Crippen molar-refractivity contribution in [1.29, 1.82) is 0 Å². The molecule has 2 N–H and O–H groups in total. The molecule has 0 aliphatic rings. The molecule has 0 rings (SSSR count). The van der Waals surface area contributed by atoms with Crippen molar-refractivity contribution >= 4 is 19.7 Å². The van der Waals surface area contributed by atoms with Crippen molar-refractivity contribution in [3.63, 3.8) is 0 Å². The molecule has 9 nitrogen and oxygen atoms in total. The number of phosphoric ester groups is 1. The van der Waals surface area contributed by atoms with E-state index < -0.39 is 20.0 Å². The van der Waals surface area contributed by atoms with Crippen LogP contribution in [0.1, 0.15) is 303 Å². The average Bonchev–Trinajstić information content (AvgIpc) is 3.44. The zero-order valence-corrected chi connectivity index (χ0v) is 54.7. The maximum Gasteiger partial charge on any atom is 0.472 e. The quantitative estimate of drug-likeness (QED) is 0.0205. The average molecular weight is 1150 g/mol. The summed E-state index contributed by atoms with van der Waals surface area (Å²) < 4.78 is 30.8. The highest BCUT2D eigenvalue weighted by Crippen LogP contribution is 2.43. The van der Waals surface area contributed by atoms with Crippen molar-refractivity contribution in [3.05, 3.63) is 85.1 Å². The minimum Gasteiger partial charge on any atom is -0.456 e. The molecule has 81 heavy (non-hydrogen) atoms. The van der Waals surface area contributed by atoms with Crippen LogP contribution in [0.4, 0.5) is 0 Å². The Morgan fingerprint density at radius 1 is 0.444 bits per heavy atom. The molecule has 0 saturated heterocycles. The van der Waals surface area contributed by atoms with Crippen LogP contribution in [0.15, 0.2) is 85.1 Å². The maximum absolute atomic E-state index is 13.6. The second-order valence-electron chi connectivity index (χ2n) is 24.0. The number of esters is 1. The number of allylic oxidation sites excluding steroid dienone is 13. The number of hydrogen-bond donors (Lipinski definition) is 2. The van der Waals surface area contributed by atoms with Gasteiger partial charge in [0.05, 0.1) is 33.8 Å². The monoisotopic (exact) mass is 1150 g/mol. The maximum atomic E-state index is 13.6. The first-order valence-corrected chi connectivity index (χ1v) is 35.4. The highest BCUT2D eigenvalue weighted by atomic mass is 31.2. The van der Waals surface area contributed by atoms with E-state index in [0.717, 1.165) is 89.9 Å². The third-order valence-electron chi connectivity index (χ3n) is 14.8. The van der Waals surface area contributed by atoms with Crippen LogP contribution in [0.5, 0.6) is 0 Å².